The van der Waals surface area contributed by atoms with Gasteiger partial charge in [0.05, 0.1) is 10.7 Å². The Morgan fingerprint density at radius 1 is 1.55 bits per heavy atom. The van der Waals surface area contributed by atoms with E-state index in [1.807, 2.05) is 0 Å². The zero-order valence-electron chi connectivity index (χ0n) is 5.57. The van der Waals surface area contributed by atoms with Gasteiger partial charge < -0.3 is 5.73 Å². The van der Waals surface area contributed by atoms with E-state index >= 15 is 0 Å². The van der Waals surface area contributed by atoms with Gasteiger partial charge in [0.2, 0.25) is 0 Å². The van der Waals surface area contributed by atoms with Gasteiger partial charge in [0.25, 0.3) is 0 Å². The van der Waals surface area contributed by atoms with Crippen molar-refractivity contribution < 1.29 is 0 Å². The lowest BCUT2D eigenvalue weighted by atomic mass is 10.2. The summed E-state index contributed by atoms with van der Waals surface area (Å²) in [4.78, 5) is 0. The van der Waals surface area contributed by atoms with E-state index in [2.05, 4.69) is 15.9 Å². The van der Waals surface area contributed by atoms with Gasteiger partial charge in [-0.1, -0.05) is 23.7 Å². The summed E-state index contributed by atoms with van der Waals surface area (Å²) in [5.41, 5.74) is 6.64. The average molecular weight is 233 g/mol. The van der Waals surface area contributed by atoms with Crippen LogP contribution in [0.25, 0.3) is 0 Å². The number of hydrogen-bond acceptors (Lipinski definition) is 2. The van der Waals surface area contributed by atoms with Crippen LogP contribution in [0.2, 0.25) is 5.02 Å². The minimum absolute atomic E-state index is 0.248. The van der Waals surface area contributed by atoms with E-state index in [9.17, 15) is 0 Å². The molecule has 58 valence electrons. The summed E-state index contributed by atoms with van der Waals surface area (Å²) in [7, 11) is 0. The minimum atomic E-state index is 0.248. The number of nitrogens with one attached hydrogen (secondary N) is 1. The van der Waals surface area contributed by atoms with E-state index < -0.39 is 0 Å². The number of para-hydroxylation sites is 1. The van der Waals surface area contributed by atoms with E-state index in [0.717, 1.165) is 0 Å². The molecule has 0 heterocycles. The van der Waals surface area contributed by atoms with Gasteiger partial charge in [0.1, 0.15) is 4.62 Å². The number of benzene rings is 1. The maximum absolute atomic E-state index is 7.25. The van der Waals surface area contributed by atoms with Gasteiger partial charge in [-0.3, -0.25) is 5.41 Å². The topological polar surface area (TPSA) is 49.9 Å². The normalized spacial score (nSPS) is 9.64. The third kappa shape index (κ3) is 1.73. The van der Waals surface area contributed by atoms with Crippen LogP contribution in [-0.2, 0) is 0 Å². The maximum Gasteiger partial charge on any atom is 0.106 e. The smallest absolute Gasteiger partial charge is 0.106 e. The van der Waals surface area contributed by atoms with E-state index in [-0.39, 0.29) is 4.62 Å². The van der Waals surface area contributed by atoms with Crippen LogP contribution in [0.15, 0.2) is 18.2 Å². The van der Waals surface area contributed by atoms with Crippen LogP contribution in [-0.4, -0.2) is 4.62 Å². The van der Waals surface area contributed by atoms with Gasteiger partial charge in [-0.15, -0.1) is 0 Å². The highest BCUT2D eigenvalue weighted by molar-refractivity contribution is 9.18. The average Bonchev–Trinajstić information content (AvgIpc) is 1.94. The summed E-state index contributed by atoms with van der Waals surface area (Å²) < 4.78 is 0.248. The molecular weight excluding hydrogens is 227 g/mol. The number of anilines is 1. The molecule has 1 rings (SSSR count). The van der Waals surface area contributed by atoms with Crippen molar-refractivity contribution >= 4 is 37.8 Å². The van der Waals surface area contributed by atoms with Crippen LogP contribution in [0.4, 0.5) is 5.69 Å². The molecule has 11 heavy (non-hydrogen) atoms. The van der Waals surface area contributed by atoms with Crippen molar-refractivity contribution in [3.8, 4) is 0 Å². The van der Waals surface area contributed by atoms with Crippen molar-refractivity contribution in [1.82, 2.24) is 0 Å². The number of nitrogens with two attached hydrogens (primary N) is 1. The number of rotatable bonds is 1. The molecule has 0 saturated heterocycles. The first-order valence-electron chi connectivity index (χ1n) is 2.91. The summed E-state index contributed by atoms with van der Waals surface area (Å²) in [6.07, 6.45) is 0. The summed E-state index contributed by atoms with van der Waals surface area (Å²) in [6.45, 7) is 0. The summed E-state index contributed by atoms with van der Waals surface area (Å²) >= 11 is 8.73. The molecule has 0 aromatic heterocycles. The van der Waals surface area contributed by atoms with Crippen molar-refractivity contribution in [2.75, 3.05) is 5.73 Å². The van der Waals surface area contributed by atoms with Crippen LogP contribution < -0.4 is 5.73 Å². The van der Waals surface area contributed by atoms with Crippen LogP contribution in [0, 0.1) is 5.41 Å². The molecule has 0 atom stereocenters. The summed E-state index contributed by atoms with van der Waals surface area (Å²) in [6, 6.07) is 5.18. The van der Waals surface area contributed by atoms with E-state index in [0.29, 0.717) is 16.3 Å². The Hall–Kier alpha value is -0.540. The second-order valence-electron chi connectivity index (χ2n) is 2.02. The molecule has 4 heteroatoms. The van der Waals surface area contributed by atoms with Gasteiger partial charge in [0.15, 0.2) is 0 Å². The zero-order chi connectivity index (χ0) is 8.43. The monoisotopic (exact) mass is 232 g/mol. The largest absolute Gasteiger partial charge is 0.397 e. The van der Waals surface area contributed by atoms with Crippen LogP contribution in [0.3, 0.4) is 0 Å². The SMILES string of the molecule is N=C(Br)c1cccc(Cl)c1N. The number of hydrogen-bond donors (Lipinski definition) is 2. The first-order chi connectivity index (χ1) is 5.13. The quantitative estimate of drug-likeness (QED) is 0.568. The Labute approximate surface area is 78.0 Å². The van der Waals surface area contributed by atoms with Crippen molar-refractivity contribution in [2.45, 2.75) is 0 Å². The van der Waals surface area contributed by atoms with Crippen molar-refractivity contribution in [1.29, 1.82) is 5.41 Å². The molecule has 0 spiro atoms. The standard InChI is InChI=1S/C7H6BrClN2/c8-7(11)4-2-1-3-5(9)6(4)10/h1-3,11H,10H2. The second-order valence-corrected chi connectivity index (χ2v) is 3.22. The van der Waals surface area contributed by atoms with Gasteiger partial charge in [0, 0.05) is 5.56 Å². The Morgan fingerprint density at radius 2 is 2.18 bits per heavy atom. The first kappa shape index (κ1) is 8.56. The minimum Gasteiger partial charge on any atom is -0.397 e. The van der Waals surface area contributed by atoms with Crippen LogP contribution >= 0.6 is 27.5 Å². The third-order valence-electron chi connectivity index (χ3n) is 1.29. The molecule has 0 aliphatic rings. The summed E-state index contributed by atoms with van der Waals surface area (Å²) in [5, 5.41) is 7.73. The molecule has 0 radical (unpaired) electrons. The highest BCUT2D eigenvalue weighted by Crippen LogP contribution is 2.23. The molecule has 0 fully saturated rings. The lowest BCUT2D eigenvalue weighted by Crippen LogP contribution is -1.97. The number of nitrogen functional groups attached to an aromatic ring is 1. The van der Waals surface area contributed by atoms with Gasteiger partial charge in [-0.25, -0.2) is 0 Å². The molecule has 0 amide bonds. The Morgan fingerprint density at radius 3 is 2.64 bits per heavy atom. The van der Waals surface area contributed by atoms with Gasteiger partial charge in [-0.2, -0.15) is 0 Å². The predicted octanol–water partition coefficient (Wildman–Crippen LogP) is 2.64. The Balaban J connectivity index is 3.27. The van der Waals surface area contributed by atoms with Gasteiger partial charge >= 0.3 is 0 Å². The molecule has 1 aromatic rings. The maximum atomic E-state index is 7.25. The Kier molecular flexibility index (Phi) is 2.52. The highest BCUT2D eigenvalue weighted by atomic mass is 79.9. The third-order valence-corrected chi connectivity index (χ3v) is 2.05. The predicted molar refractivity (Wildman–Crippen MR) is 51.6 cm³/mol. The highest BCUT2D eigenvalue weighted by Gasteiger charge is 2.04. The van der Waals surface area contributed by atoms with Crippen molar-refractivity contribution in [3.05, 3.63) is 28.8 Å². The lowest BCUT2D eigenvalue weighted by molar-refractivity contribution is 1.53. The lowest BCUT2D eigenvalue weighted by Gasteiger charge is -2.02. The van der Waals surface area contributed by atoms with Crippen molar-refractivity contribution in [2.24, 2.45) is 0 Å². The van der Waals surface area contributed by atoms with Crippen LogP contribution in [0.5, 0.6) is 0 Å². The fourth-order valence-electron chi connectivity index (χ4n) is 0.728. The fraction of sp³-hybridized carbons (Fsp3) is 0. The molecule has 0 unspecified atom stereocenters. The molecule has 1 aromatic carbocycles. The summed E-state index contributed by atoms with van der Waals surface area (Å²) in [5.74, 6) is 0. The van der Waals surface area contributed by atoms with E-state index in [4.69, 9.17) is 22.7 Å². The molecule has 3 N–H and O–H groups in total. The molecular formula is C7H6BrClN2. The zero-order valence-corrected chi connectivity index (χ0v) is 7.91. The van der Waals surface area contributed by atoms with Gasteiger partial charge in [-0.05, 0) is 22.0 Å². The Bertz CT molecular complexity index is 298. The van der Waals surface area contributed by atoms with E-state index in [1.54, 1.807) is 18.2 Å². The molecule has 0 saturated carbocycles. The second kappa shape index (κ2) is 3.24. The molecule has 2 nitrogen and oxygen atoms in total. The fourth-order valence-corrected chi connectivity index (χ4v) is 1.25. The molecule has 0 bridgehead atoms. The first-order valence-corrected chi connectivity index (χ1v) is 4.08. The molecule has 0 aliphatic heterocycles. The number of halogens is 2. The van der Waals surface area contributed by atoms with Crippen molar-refractivity contribution in [3.63, 3.8) is 0 Å². The van der Waals surface area contributed by atoms with E-state index in [1.165, 1.54) is 0 Å². The van der Waals surface area contributed by atoms with Crippen LogP contribution in [0.1, 0.15) is 5.56 Å². The molecule has 0 aliphatic carbocycles.